The Balaban J connectivity index is 1.58. The van der Waals surface area contributed by atoms with Crippen molar-refractivity contribution in [2.45, 2.75) is 37.4 Å². The molecule has 0 aliphatic carbocycles. The molecule has 1 fully saturated rings. The molecular formula is C23H26N4O5. The number of primary amides is 1. The van der Waals surface area contributed by atoms with Gasteiger partial charge >= 0.3 is 0 Å². The van der Waals surface area contributed by atoms with Crippen LogP contribution >= 0.6 is 0 Å². The van der Waals surface area contributed by atoms with E-state index >= 15 is 0 Å². The van der Waals surface area contributed by atoms with E-state index in [1.54, 1.807) is 24.3 Å². The summed E-state index contributed by atoms with van der Waals surface area (Å²) >= 11 is 0. The zero-order valence-electron chi connectivity index (χ0n) is 17.7. The molecule has 0 radical (unpaired) electrons. The SMILES string of the molecule is COc1ccccc1C[C@@H](NC(=O)C[C@@H]1NC(=O)[C@H](Cc2ccccc2)NC1=O)C(N)=O. The second-order valence-corrected chi connectivity index (χ2v) is 7.55. The number of nitrogens with one attached hydrogen (secondary N) is 3. The topological polar surface area (TPSA) is 140 Å². The normalized spacial score (nSPS) is 18.8. The molecule has 1 aliphatic heterocycles. The molecule has 3 rings (SSSR count). The first-order chi connectivity index (χ1) is 15.4. The van der Waals surface area contributed by atoms with Gasteiger partial charge in [0.05, 0.1) is 13.5 Å². The maximum absolute atomic E-state index is 12.5. The fourth-order valence-corrected chi connectivity index (χ4v) is 3.57. The monoisotopic (exact) mass is 438 g/mol. The molecule has 9 heteroatoms. The standard InChI is InChI=1S/C23H26N4O5/c1-32-19-10-6-5-9-15(19)12-16(21(24)29)25-20(28)13-18-23(31)26-17(22(30)27-18)11-14-7-3-2-4-8-14/h2-10,16-18H,11-13H2,1H3,(H2,24,29)(H,25,28)(H,26,31)(H,27,30)/t16-,17+,18+/m1/s1. The quantitative estimate of drug-likeness (QED) is 0.430. The number of methoxy groups -OCH3 is 1. The third-order valence-corrected chi connectivity index (χ3v) is 5.23. The smallest absolute Gasteiger partial charge is 0.243 e. The molecule has 32 heavy (non-hydrogen) atoms. The van der Waals surface area contributed by atoms with Crippen LogP contribution in [0.5, 0.6) is 5.75 Å². The van der Waals surface area contributed by atoms with Crippen LogP contribution in [0.2, 0.25) is 0 Å². The van der Waals surface area contributed by atoms with E-state index in [9.17, 15) is 19.2 Å². The number of piperazine rings is 1. The number of benzene rings is 2. The summed E-state index contributed by atoms with van der Waals surface area (Å²) in [6, 6.07) is 13.6. The van der Waals surface area contributed by atoms with Crippen LogP contribution < -0.4 is 26.4 Å². The van der Waals surface area contributed by atoms with Crippen LogP contribution in [0, 0.1) is 0 Å². The highest BCUT2D eigenvalue weighted by molar-refractivity contribution is 5.99. The van der Waals surface area contributed by atoms with Gasteiger partial charge in [0.25, 0.3) is 0 Å². The minimum absolute atomic E-state index is 0.132. The summed E-state index contributed by atoms with van der Waals surface area (Å²) in [4.78, 5) is 49.3. The summed E-state index contributed by atoms with van der Waals surface area (Å²) in [6.45, 7) is 0. The Morgan fingerprint density at radius 2 is 1.62 bits per heavy atom. The van der Waals surface area contributed by atoms with Crippen LogP contribution in [0.1, 0.15) is 17.5 Å². The van der Waals surface area contributed by atoms with Crippen molar-refractivity contribution in [1.29, 1.82) is 0 Å². The Bertz CT molecular complexity index is 995. The van der Waals surface area contributed by atoms with Crippen LogP contribution in [0.3, 0.4) is 0 Å². The van der Waals surface area contributed by atoms with Gasteiger partial charge in [-0.3, -0.25) is 19.2 Å². The number of carbonyl (C=O) groups is 4. The second-order valence-electron chi connectivity index (χ2n) is 7.55. The van der Waals surface area contributed by atoms with Gasteiger partial charge in [0, 0.05) is 12.8 Å². The zero-order valence-corrected chi connectivity index (χ0v) is 17.7. The molecule has 3 atom stereocenters. The van der Waals surface area contributed by atoms with Gasteiger partial charge in [-0.25, -0.2) is 0 Å². The maximum Gasteiger partial charge on any atom is 0.243 e. The lowest BCUT2D eigenvalue weighted by Gasteiger charge is -2.29. The Kier molecular flexibility index (Phi) is 7.43. The Hall–Kier alpha value is -3.88. The van der Waals surface area contributed by atoms with E-state index < -0.39 is 35.8 Å². The second kappa shape index (κ2) is 10.4. The molecule has 5 N–H and O–H groups in total. The molecule has 1 saturated heterocycles. The molecule has 2 aromatic rings. The highest BCUT2D eigenvalue weighted by Crippen LogP contribution is 2.19. The van der Waals surface area contributed by atoms with Crippen molar-refractivity contribution in [1.82, 2.24) is 16.0 Å². The van der Waals surface area contributed by atoms with E-state index in [-0.39, 0.29) is 18.7 Å². The van der Waals surface area contributed by atoms with Crippen LogP contribution in [0.15, 0.2) is 54.6 Å². The van der Waals surface area contributed by atoms with Gasteiger partial charge in [-0.2, -0.15) is 0 Å². The zero-order chi connectivity index (χ0) is 23.1. The van der Waals surface area contributed by atoms with Crippen molar-refractivity contribution in [3.8, 4) is 5.75 Å². The largest absolute Gasteiger partial charge is 0.496 e. The highest BCUT2D eigenvalue weighted by Gasteiger charge is 2.35. The number of hydrogen-bond acceptors (Lipinski definition) is 5. The predicted octanol–water partition coefficient (Wildman–Crippen LogP) is -0.176. The number of rotatable bonds is 9. The van der Waals surface area contributed by atoms with E-state index in [0.29, 0.717) is 17.7 Å². The van der Waals surface area contributed by atoms with Crippen LogP contribution in [-0.2, 0) is 32.0 Å². The molecule has 0 bridgehead atoms. The van der Waals surface area contributed by atoms with Gasteiger partial charge < -0.3 is 26.4 Å². The number of amides is 4. The number of ether oxygens (including phenoxy) is 1. The molecule has 4 amide bonds. The van der Waals surface area contributed by atoms with Gasteiger partial charge in [0.1, 0.15) is 23.9 Å². The van der Waals surface area contributed by atoms with E-state index in [1.165, 1.54) is 7.11 Å². The average Bonchev–Trinajstić information content (AvgIpc) is 2.77. The van der Waals surface area contributed by atoms with Crippen molar-refractivity contribution in [3.63, 3.8) is 0 Å². The number of carbonyl (C=O) groups excluding carboxylic acids is 4. The maximum atomic E-state index is 12.5. The Labute approximate surface area is 185 Å². The van der Waals surface area contributed by atoms with Gasteiger partial charge in [0.15, 0.2) is 0 Å². The number of nitrogens with two attached hydrogens (primary N) is 1. The summed E-state index contributed by atoms with van der Waals surface area (Å²) in [5.41, 5.74) is 7.06. The number of hydrogen-bond donors (Lipinski definition) is 4. The molecule has 0 aromatic heterocycles. The molecule has 0 spiro atoms. The van der Waals surface area contributed by atoms with Gasteiger partial charge in [-0.05, 0) is 17.2 Å². The molecule has 9 nitrogen and oxygen atoms in total. The van der Waals surface area contributed by atoms with E-state index in [1.807, 2.05) is 30.3 Å². The van der Waals surface area contributed by atoms with E-state index in [0.717, 1.165) is 5.56 Å². The first kappa shape index (κ1) is 22.8. The van der Waals surface area contributed by atoms with Crippen LogP contribution in [0.4, 0.5) is 0 Å². The highest BCUT2D eigenvalue weighted by atomic mass is 16.5. The minimum Gasteiger partial charge on any atom is -0.496 e. The summed E-state index contributed by atoms with van der Waals surface area (Å²) < 4.78 is 5.27. The molecule has 1 aliphatic rings. The molecule has 2 aromatic carbocycles. The third kappa shape index (κ3) is 5.84. The minimum atomic E-state index is -1.03. The Morgan fingerprint density at radius 3 is 2.31 bits per heavy atom. The van der Waals surface area contributed by atoms with Gasteiger partial charge in [-0.1, -0.05) is 48.5 Å². The summed E-state index contributed by atoms with van der Waals surface area (Å²) in [5, 5.41) is 7.80. The van der Waals surface area contributed by atoms with E-state index in [4.69, 9.17) is 10.5 Å². The lowest BCUT2D eigenvalue weighted by atomic mass is 10.0. The van der Waals surface area contributed by atoms with Crippen LogP contribution in [-0.4, -0.2) is 48.9 Å². The molecular weight excluding hydrogens is 412 g/mol. The summed E-state index contributed by atoms with van der Waals surface area (Å²) in [7, 11) is 1.51. The molecule has 1 heterocycles. The fraction of sp³-hybridized carbons (Fsp3) is 0.304. The summed E-state index contributed by atoms with van der Waals surface area (Å²) in [6.07, 6.45) is 0.165. The molecule has 0 saturated carbocycles. The average molecular weight is 438 g/mol. The van der Waals surface area contributed by atoms with Gasteiger partial charge in [0.2, 0.25) is 23.6 Å². The first-order valence-electron chi connectivity index (χ1n) is 10.2. The lowest BCUT2D eigenvalue weighted by Crippen LogP contribution is -2.63. The predicted molar refractivity (Wildman–Crippen MR) is 116 cm³/mol. The van der Waals surface area contributed by atoms with Crippen molar-refractivity contribution in [2.24, 2.45) is 5.73 Å². The summed E-state index contributed by atoms with van der Waals surface area (Å²) in [5.74, 6) is -1.56. The van der Waals surface area contributed by atoms with E-state index in [2.05, 4.69) is 16.0 Å². The molecule has 0 unspecified atom stereocenters. The van der Waals surface area contributed by atoms with Crippen molar-refractivity contribution in [3.05, 3.63) is 65.7 Å². The van der Waals surface area contributed by atoms with Crippen molar-refractivity contribution in [2.75, 3.05) is 7.11 Å². The lowest BCUT2D eigenvalue weighted by molar-refractivity contribution is -0.138. The Morgan fingerprint density at radius 1 is 1.00 bits per heavy atom. The fourth-order valence-electron chi connectivity index (χ4n) is 3.57. The van der Waals surface area contributed by atoms with Gasteiger partial charge in [-0.15, -0.1) is 0 Å². The number of para-hydroxylation sites is 1. The van der Waals surface area contributed by atoms with Crippen molar-refractivity contribution >= 4 is 23.6 Å². The van der Waals surface area contributed by atoms with Crippen LogP contribution in [0.25, 0.3) is 0 Å². The van der Waals surface area contributed by atoms with Crippen molar-refractivity contribution < 1.29 is 23.9 Å². The third-order valence-electron chi connectivity index (χ3n) is 5.23. The first-order valence-corrected chi connectivity index (χ1v) is 10.2. The molecule has 168 valence electrons.